The summed E-state index contributed by atoms with van der Waals surface area (Å²) < 4.78 is 12.1. The Balaban J connectivity index is 4.07. The number of hydrogen-bond acceptors (Lipinski definition) is 1. The summed E-state index contributed by atoms with van der Waals surface area (Å²) in [5.74, 6) is 0. The molecule has 0 aliphatic carbocycles. The monoisotopic (exact) mass is 231 g/mol. The van der Waals surface area contributed by atoms with Crippen molar-refractivity contribution >= 4 is 7.29 Å². The molecule has 0 saturated heterocycles. The van der Waals surface area contributed by atoms with Crippen LogP contribution in [-0.4, -0.2) is 12.3 Å². The van der Waals surface area contributed by atoms with Crippen LogP contribution >= 0.6 is 7.29 Å². The van der Waals surface area contributed by atoms with Gasteiger partial charge in [-0.3, -0.25) is 0 Å². The molecule has 0 radical (unpaired) electrons. The van der Waals surface area contributed by atoms with Crippen molar-refractivity contribution in [2.45, 2.75) is 52.4 Å². The molecule has 0 bridgehead atoms. The summed E-state index contributed by atoms with van der Waals surface area (Å²) in [6, 6.07) is 0. The Hall–Kier alpha value is -0.460. The van der Waals surface area contributed by atoms with E-state index in [1.165, 1.54) is 0 Å². The van der Waals surface area contributed by atoms with E-state index >= 15 is 0 Å². The van der Waals surface area contributed by atoms with Crippen LogP contribution < -0.4 is 0 Å². The minimum atomic E-state index is -2.57. The fourth-order valence-electron chi connectivity index (χ4n) is 1.49. The van der Waals surface area contributed by atoms with Crippen LogP contribution in [-0.2, 0) is 4.57 Å². The molecular weight excluding hydrogens is 209 g/mol. The van der Waals surface area contributed by atoms with Crippen molar-refractivity contribution in [2.24, 2.45) is 4.88 Å². The lowest BCUT2D eigenvalue weighted by atomic mass is 10.3. The van der Waals surface area contributed by atoms with Crippen LogP contribution in [0, 0.1) is 0 Å². The normalized spacial score (nSPS) is 11.1. The molecule has 0 aromatic rings. The van der Waals surface area contributed by atoms with Gasteiger partial charge in [0.2, 0.25) is 0 Å². The molecule has 0 aromatic heterocycles. The minimum Gasteiger partial charge on any atom is -0.317 e. The van der Waals surface area contributed by atoms with Crippen molar-refractivity contribution in [2.75, 3.05) is 12.3 Å². The van der Waals surface area contributed by atoms with Crippen molar-refractivity contribution in [1.82, 2.24) is 0 Å². The lowest BCUT2D eigenvalue weighted by Crippen LogP contribution is -1.93. The predicted octanol–water partition coefficient (Wildman–Crippen LogP) is 4.96. The molecule has 0 aliphatic rings. The zero-order valence-corrected chi connectivity index (χ0v) is 10.7. The van der Waals surface area contributed by atoms with Crippen LogP contribution in [0.15, 0.2) is 4.88 Å². The molecular formula is C10H22N3OP. The third kappa shape index (κ3) is 7.47. The average molecular weight is 231 g/mol. The SMILES string of the molecule is CCCCCP(=O)(CCCCC)N=[N+]=[N-]. The zero-order valence-electron chi connectivity index (χ0n) is 9.85. The maximum atomic E-state index is 12.1. The summed E-state index contributed by atoms with van der Waals surface area (Å²) in [6.45, 7) is 4.21. The molecule has 0 saturated carbocycles. The van der Waals surface area contributed by atoms with Crippen LogP contribution in [0.5, 0.6) is 0 Å². The molecule has 0 spiro atoms. The van der Waals surface area contributed by atoms with E-state index in [-0.39, 0.29) is 0 Å². The summed E-state index contributed by atoms with van der Waals surface area (Å²) in [6.07, 6.45) is 7.36. The van der Waals surface area contributed by atoms with Gasteiger partial charge >= 0.3 is 0 Å². The van der Waals surface area contributed by atoms with Gasteiger partial charge in [-0.1, -0.05) is 39.5 Å². The first-order valence-corrected chi connectivity index (χ1v) is 7.86. The first-order valence-electron chi connectivity index (χ1n) is 5.83. The van der Waals surface area contributed by atoms with Gasteiger partial charge in [0.25, 0.3) is 0 Å². The Morgan fingerprint density at radius 1 is 1.07 bits per heavy atom. The van der Waals surface area contributed by atoms with Crippen molar-refractivity contribution < 1.29 is 4.57 Å². The number of rotatable bonds is 9. The summed E-state index contributed by atoms with van der Waals surface area (Å²) in [7, 11) is -2.57. The highest BCUT2D eigenvalue weighted by atomic mass is 31.2. The summed E-state index contributed by atoms with van der Waals surface area (Å²) >= 11 is 0. The number of hydrogen-bond donors (Lipinski definition) is 0. The third-order valence-corrected chi connectivity index (χ3v) is 4.86. The molecule has 0 aliphatic heterocycles. The Bertz CT molecular complexity index is 235. The second-order valence-corrected chi connectivity index (χ2v) is 6.65. The van der Waals surface area contributed by atoms with Crippen molar-refractivity contribution in [3.05, 3.63) is 10.4 Å². The van der Waals surface area contributed by atoms with E-state index in [1.54, 1.807) is 0 Å². The van der Waals surface area contributed by atoms with Gasteiger partial charge < -0.3 is 4.57 Å². The fraction of sp³-hybridized carbons (Fsp3) is 1.00. The standard InChI is InChI=1S/C10H22N3OP/c1-3-5-7-9-15(14,13-12-11)10-8-6-4-2/h3-10H2,1-2H3. The molecule has 0 amide bonds. The van der Waals surface area contributed by atoms with Gasteiger partial charge in [-0.25, -0.2) is 0 Å². The quantitative estimate of drug-likeness (QED) is 0.182. The number of unbranched alkanes of at least 4 members (excludes halogenated alkanes) is 4. The molecule has 0 atom stereocenters. The lowest BCUT2D eigenvalue weighted by Gasteiger charge is -2.11. The Morgan fingerprint density at radius 2 is 1.53 bits per heavy atom. The minimum absolute atomic E-state index is 0.592. The van der Waals surface area contributed by atoms with Crippen LogP contribution in [0.4, 0.5) is 0 Å². The van der Waals surface area contributed by atoms with Gasteiger partial charge in [0, 0.05) is 17.2 Å². The van der Waals surface area contributed by atoms with Gasteiger partial charge in [-0.05, 0) is 23.3 Å². The van der Waals surface area contributed by atoms with E-state index in [1.807, 2.05) is 0 Å². The first kappa shape index (κ1) is 14.5. The molecule has 15 heavy (non-hydrogen) atoms. The predicted molar refractivity (Wildman–Crippen MR) is 65.5 cm³/mol. The van der Waals surface area contributed by atoms with E-state index < -0.39 is 7.29 Å². The average Bonchev–Trinajstić information content (AvgIpc) is 2.19. The van der Waals surface area contributed by atoms with Crippen LogP contribution in [0.1, 0.15) is 52.4 Å². The van der Waals surface area contributed by atoms with Crippen molar-refractivity contribution in [1.29, 1.82) is 0 Å². The van der Waals surface area contributed by atoms with Gasteiger partial charge in [-0.15, -0.1) is 0 Å². The maximum Gasteiger partial charge on any atom is 0.173 e. The number of nitrogens with zero attached hydrogens (tertiary/aromatic N) is 3. The van der Waals surface area contributed by atoms with E-state index in [0.29, 0.717) is 12.3 Å². The summed E-state index contributed by atoms with van der Waals surface area (Å²) in [5, 5.41) is 0. The van der Waals surface area contributed by atoms with Crippen LogP contribution in [0.3, 0.4) is 0 Å². The zero-order chi connectivity index (χ0) is 11.6. The largest absolute Gasteiger partial charge is 0.317 e. The molecule has 88 valence electrons. The molecule has 0 heterocycles. The first-order chi connectivity index (χ1) is 7.18. The molecule has 0 unspecified atom stereocenters. The topological polar surface area (TPSA) is 65.8 Å². The highest BCUT2D eigenvalue weighted by Gasteiger charge is 2.18. The highest BCUT2D eigenvalue weighted by Crippen LogP contribution is 2.49. The lowest BCUT2D eigenvalue weighted by molar-refractivity contribution is 0.568. The smallest absolute Gasteiger partial charge is 0.173 e. The molecule has 0 N–H and O–H groups in total. The Kier molecular flexibility index (Phi) is 8.55. The van der Waals surface area contributed by atoms with Gasteiger partial charge in [0.1, 0.15) is 0 Å². The van der Waals surface area contributed by atoms with Gasteiger partial charge in [0.15, 0.2) is 7.29 Å². The van der Waals surface area contributed by atoms with Crippen LogP contribution in [0.2, 0.25) is 0 Å². The molecule has 4 nitrogen and oxygen atoms in total. The van der Waals surface area contributed by atoms with E-state index in [0.717, 1.165) is 38.5 Å². The Morgan fingerprint density at radius 3 is 1.87 bits per heavy atom. The van der Waals surface area contributed by atoms with Crippen molar-refractivity contribution in [3.8, 4) is 0 Å². The maximum absolute atomic E-state index is 12.1. The van der Waals surface area contributed by atoms with E-state index in [2.05, 4.69) is 23.6 Å². The third-order valence-electron chi connectivity index (χ3n) is 2.43. The highest BCUT2D eigenvalue weighted by molar-refractivity contribution is 7.62. The van der Waals surface area contributed by atoms with Gasteiger partial charge in [0.05, 0.1) is 0 Å². The second kappa shape index (κ2) is 8.82. The molecule has 0 fully saturated rings. The molecule has 5 heteroatoms. The fourth-order valence-corrected chi connectivity index (χ4v) is 3.48. The second-order valence-electron chi connectivity index (χ2n) is 3.89. The van der Waals surface area contributed by atoms with Gasteiger partial charge in [-0.2, -0.15) is 0 Å². The molecule has 0 aromatic carbocycles. The summed E-state index contributed by atoms with van der Waals surface area (Å²) in [5.41, 5.74) is 8.40. The summed E-state index contributed by atoms with van der Waals surface area (Å²) in [4.78, 5) is 6.26. The van der Waals surface area contributed by atoms with E-state index in [4.69, 9.17) is 5.53 Å². The Labute approximate surface area is 92.5 Å². The van der Waals surface area contributed by atoms with E-state index in [9.17, 15) is 4.57 Å². The number of azide groups is 1. The molecule has 0 rings (SSSR count). The van der Waals surface area contributed by atoms with Crippen molar-refractivity contribution in [3.63, 3.8) is 0 Å². The van der Waals surface area contributed by atoms with Crippen LogP contribution in [0.25, 0.3) is 10.4 Å².